The third kappa shape index (κ3) is 2.68. The topological polar surface area (TPSA) is 46.4 Å². The second-order valence-electron chi connectivity index (χ2n) is 5.04. The van der Waals surface area contributed by atoms with Gasteiger partial charge in [-0.05, 0) is 69.5 Å². The number of pyridine rings is 1. The van der Waals surface area contributed by atoms with E-state index in [1.54, 1.807) is 0 Å². The highest BCUT2D eigenvalue weighted by Gasteiger charge is 2.19. The first-order valence-corrected chi connectivity index (χ1v) is 8.26. The molecular formula is C16H13Br2N3O. The lowest BCUT2D eigenvalue weighted by Crippen LogP contribution is -2.16. The predicted octanol–water partition coefficient (Wildman–Crippen LogP) is 4.73. The fourth-order valence-corrected chi connectivity index (χ4v) is 3.39. The Hall–Kier alpha value is -1.66. The monoisotopic (exact) mass is 421 g/mol. The minimum absolute atomic E-state index is 0.186. The Morgan fingerprint density at radius 2 is 1.91 bits per heavy atom. The van der Waals surface area contributed by atoms with Crippen LogP contribution in [0.3, 0.4) is 0 Å². The van der Waals surface area contributed by atoms with Crippen molar-refractivity contribution < 1.29 is 4.79 Å². The molecule has 0 aliphatic carbocycles. The Morgan fingerprint density at radius 1 is 1.18 bits per heavy atom. The van der Waals surface area contributed by atoms with E-state index in [0.29, 0.717) is 11.4 Å². The maximum absolute atomic E-state index is 12.7. The largest absolute Gasteiger partial charge is 0.320 e. The average molecular weight is 423 g/mol. The number of aromatic nitrogens is 2. The first-order valence-electron chi connectivity index (χ1n) is 6.68. The summed E-state index contributed by atoms with van der Waals surface area (Å²) in [6.45, 7) is 3.82. The van der Waals surface area contributed by atoms with Gasteiger partial charge in [-0.25, -0.2) is 4.98 Å². The molecule has 6 heteroatoms. The van der Waals surface area contributed by atoms with E-state index in [1.807, 2.05) is 54.8 Å². The molecular weight excluding hydrogens is 410 g/mol. The molecule has 1 aromatic carbocycles. The van der Waals surface area contributed by atoms with Crippen molar-refractivity contribution in [2.24, 2.45) is 0 Å². The Balaban J connectivity index is 2.08. The van der Waals surface area contributed by atoms with Crippen LogP contribution in [-0.2, 0) is 0 Å². The highest BCUT2D eigenvalue weighted by atomic mass is 79.9. The van der Waals surface area contributed by atoms with Gasteiger partial charge in [0, 0.05) is 10.7 Å². The summed E-state index contributed by atoms with van der Waals surface area (Å²) in [5.74, 6) is -0.186. The molecule has 22 heavy (non-hydrogen) atoms. The zero-order chi connectivity index (χ0) is 15.9. The van der Waals surface area contributed by atoms with Crippen molar-refractivity contribution in [3.05, 3.63) is 62.4 Å². The quantitative estimate of drug-likeness (QED) is 0.648. The number of hydrogen-bond donors (Lipinski definition) is 1. The summed E-state index contributed by atoms with van der Waals surface area (Å²) in [6.07, 6.45) is 1.91. The molecule has 0 aliphatic rings. The maximum atomic E-state index is 12.7. The lowest BCUT2D eigenvalue weighted by molar-refractivity contribution is 0.102. The second-order valence-corrected chi connectivity index (χ2v) is 6.75. The van der Waals surface area contributed by atoms with Crippen LogP contribution in [0.25, 0.3) is 5.65 Å². The number of benzene rings is 1. The molecule has 0 saturated carbocycles. The van der Waals surface area contributed by atoms with Crippen LogP contribution >= 0.6 is 31.9 Å². The number of rotatable bonds is 2. The van der Waals surface area contributed by atoms with E-state index in [4.69, 9.17) is 0 Å². The van der Waals surface area contributed by atoms with Crippen LogP contribution in [0.1, 0.15) is 21.7 Å². The van der Waals surface area contributed by atoms with Crippen molar-refractivity contribution >= 4 is 49.1 Å². The number of amides is 1. The van der Waals surface area contributed by atoms with Crippen LogP contribution in [0.5, 0.6) is 0 Å². The van der Waals surface area contributed by atoms with Crippen molar-refractivity contribution in [1.82, 2.24) is 9.38 Å². The summed E-state index contributed by atoms with van der Waals surface area (Å²) < 4.78 is 3.53. The molecule has 2 aromatic heterocycles. The Morgan fingerprint density at radius 3 is 2.64 bits per heavy atom. The summed E-state index contributed by atoms with van der Waals surface area (Å²) in [4.78, 5) is 17.2. The van der Waals surface area contributed by atoms with Gasteiger partial charge in [0.1, 0.15) is 5.69 Å². The number of imidazole rings is 1. The fourth-order valence-electron chi connectivity index (χ4n) is 2.36. The van der Waals surface area contributed by atoms with E-state index in [0.717, 1.165) is 25.8 Å². The van der Waals surface area contributed by atoms with E-state index in [1.165, 1.54) is 0 Å². The van der Waals surface area contributed by atoms with Crippen LogP contribution in [0.15, 0.2) is 45.5 Å². The number of carbonyl (C=O) groups is 1. The smallest absolute Gasteiger partial charge is 0.274 e. The van der Waals surface area contributed by atoms with Crippen LogP contribution in [0.2, 0.25) is 0 Å². The van der Waals surface area contributed by atoms with Gasteiger partial charge in [0.15, 0.2) is 5.65 Å². The molecule has 0 atom stereocenters. The van der Waals surface area contributed by atoms with Gasteiger partial charge in [-0.15, -0.1) is 0 Å². The van der Waals surface area contributed by atoms with Crippen molar-refractivity contribution in [3.8, 4) is 0 Å². The van der Waals surface area contributed by atoms with Crippen LogP contribution in [0.4, 0.5) is 5.69 Å². The molecule has 1 N–H and O–H groups in total. The maximum Gasteiger partial charge on any atom is 0.274 e. The van der Waals surface area contributed by atoms with Crippen LogP contribution in [0, 0.1) is 13.8 Å². The Labute approximate surface area is 144 Å². The number of nitrogens with zero attached hydrogens (tertiary/aromatic N) is 2. The first kappa shape index (κ1) is 15.2. The third-order valence-corrected chi connectivity index (χ3v) is 4.60. The van der Waals surface area contributed by atoms with Crippen LogP contribution in [-0.4, -0.2) is 15.3 Å². The standard InChI is InChI=1S/C16H13Br2N3O/c1-9-7-12(18)15-19-10(2)14(21(15)8-9)16(22)20-13-6-4-3-5-11(13)17/h3-8H,1-2H3,(H,20,22). The molecule has 3 rings (SSSR count). The highest BCUT2D eigenvalue weighted by Crippen LogP contribution is 2.25. The molecule has 0 unspecified atom stereocenters. The van der Waals surface area contributed by atoms with Crippen molar-refractivity contribution in [3.63, 3.8) is 0 Å². The van der Waals surface area contributed by atoms with Gasteiger partial charge in [0.2, 0.25) is 0 Å². The predicted molar refractivity (Wildman–Crippen MR) is 94.5 cm³/mol. The Bertz CT molecular complexity index is 886. The van der Waals surface area contributed by atoms with E-state index in [-0.39, 0.29) is 5.91 Å². The van der Waals surface area contributed by atoms with Gasteiger partial charge < -0.3 is 5.32 Å². The lowest BCUT2D eigenvalue weighted by atomic mass is 10.2. The molecule has 0 saturated heterocycles. The minimum Gasteiger partial charge on any atom is -0.320 e. The molecule has 0 fully saturated rings. The summed E-state index contributed by atoms with van der Waals surface area (Å²) in [6, 6.07) is 9.50. The number of anilines is 1. The molecule has 1 amide bonds. The summed E-state index contributed by atoms with van der Waals surface area (Å²) in [5, 5.41) is 2.92. The number of halogens is 2. The minimum atomic E-state index is -0.186. The number of hydrogen-bond acceptors (Lipinski definition) is 2. The highest BCUT2D eigenvalue weighted by molar-refractivity contribution is 9.11. The number of nitrogens with one attached hydrogen (secondary N) is 1. The van der Waals surface area contributed by atoms with Crippen molar-refractivity contribution in [1.29, 1.82) is 0 Å². The molecule has 0 bridgehead atoms. The molecule has 3 aromatic rings. The summed E-state index contributed by atoms with van der Waals surface area (Å²) in [5.41, 5.74) is 3.74. The van der Waals surface area contributed by atoms with Gasteiger partial charge in [0.25, 0.3) is 5.91 Å². The van der Waals surface area contributed by atoms with Crippen LogP contribution < -0.4 is 5.32 Å². The van der Waals surface area contributed by atoms with Gasteiger partial charge in [-0.1, -0.05) is 12.1 Å². The molecule has 2 heterocycles. The van der Waals surface area contributed by atoms with E-state index in [2.05, 4.69) is 42.2 Å². The zero-order valence-electron chi connectivity index (χ0n) is 12.0. The number of carbonyl (C=O) groups excluding carboxylic acids is 1. The van der Waals surface area contributed by atoms with Gasteiger partial charge in [-0.3, -0.25) is 9.20 Å². The fraction of sp³-hybridized carbons (Fsp3) is 0.125. The van der Waals surface area contributed by atoms with E-state index >= 15 is 0 Å². The third-order valence-electron chi connectivity index (χ3n) is 3.32. The first-order chi connectivity index (χ1) is 10.5. The lowest BCUT2D eigenvalue weighted by Gasteiger charge is -2.08. The van der Waals surface area contributed by atoms with Crippen molar-refractivity contribution in [2.75, 3.05) is 5.32 Å². The average Bonchev–Trinajstić information content (AvgIpc) is 2.78. The molecule has 112 valence electrons. The van der Waals surface area contributed by atoms with Crippen molar-refractivity contribution in [2.45, 2.75) is 13.8 Å². The van der Waals surface area contributed by atoms with Gasteiger partial charge in [0.05, 0.1) is 15.9 Å². The second kappa shape index (κ2) is 5.85. The van der Waals surface area contributed by atoms with Gasteiger partial charge >= 0.3 is 0 Å². The number of fused-ring (bicyclic) bond motifs is 1. The van der Waals surface area contributed by atoms with E-state index < -0.39 is 0 Å². The van der Waals surface area contributed by atoms with Gasteiger partial charge in [-0.2, -0.15) is 0 Å². The normalized spacial score (nSPS) is 10.9. The molecule has 4 nitrogen and oxygen atoms in total. The number of aryl methyl sites for hydroxylation is 2. The van der Waals surface area contributed by atoms with E-state index in [9.17, 15) is 4.79 Å². The molecule has 0 aliphatic heterocycles. The molecule has 0 radical (unpaired) electrons. The SMILES string of the molecule is Cc1cc(Br)c2nc(C)c(C(=O)Nc3ccccc3Br)n2c1. The molecule has 0 spiro atoms. The number of para-hydroxylation sites is 1. The Kier molecular flexibility index (Phi) is 4.06. The summed E-state index contributed by atoms with van der Waals surface area (Å²) in [7, 11) is 0. The summed E-state index contributed by atoms with van der Waals surface area (Å²) >= 11 is 6.94. The zero-order valence-corrected chi connectivity index (χ0v) is 15.2.